The number of thiophene rings is 1. The summed E-state index contributed by atoms with van der Waals surface area (Å²) in [6.45, 7) is 2.05. The van der Waals surface area contributed by atoms with E-state index in [0.29, 0.717) is 6.54 Å². The van der Waals surface area contributed by atoms with E-state index in [9.17, 15) is 4.79 Å². The molecule has 0 saturated heterocycles. The van der Waals surface area contributed by atoms with Gasteiger partial charge in [0.1, 0.15) is 0 Å². The second kappa shape index (κ2) is 5.15. The van der Waals surface area contributed by atoms with Gasteiger partial charge in [0.05, 0.1) is 0 Å². The third-order valence-electron chi connectivity index (χ3n) is 3.53. The largest absolute Gasteiger partial charge is 0.334 e. The zero-order valence-electron chi connectivity index (χ0n) is 10.6. The molecule has 98 valence electrons. The highest BCUT2D eigenvalue weighted by molar-refractivity contribution is 7.10. The molecule has 1 aromatic heterocycles. The molecule has 3 rings (SSSR count). The fourth-order valence-corrected chi connectivity index (χ4v) is 3.28. The molecule has 0 aliphatic carbocycles. The van der Waals surface area contributed by atoms with Crippen molar-refractivity contribution in [2.24, 2.45) is 5.73 Å². The summed E-state index contributed by atoms with van der Waals surface area (Å²) in [6, 6.07) is 9.71. The highest BCUT2D eigenvalue weighted by Gasteiger charge is 2.22. The van der Waals surface area contributed by atoms with Gasteiger partial charge in [0.25, 0.3) is 5.91 Å². The van der Waals surface area contributed by atoms with Gasteiger partial charge in [0.15, 0.2) is 0 Å². The van der Waals surface area contributed by atoms with Crippen LogP contribution in [0.3, 0.4) is 0 Å². The summed E-state index contributed by atoms with van der Waals surface area (Å²) in [5.41, 5.74) is 8.66. The number of carbonyl (C=O) groups excluding carboxylic acids is 1. The summed E-state index contributed by atoms with van der Waals surface area (Å²) in [7, 11) is 0. The lowest BCUT2D eigenvalue weighted by molar-refractivity contribution is 0.0736. The Morgan fingerprint density at radius 1 is 1.26 bits per heavy atom. The molecule has 0 unspecified atom stereocenters. The number of amides is 1. The van der Waals surface area contributed by atoms with Gasteiger partial charge in [-0.1, -0.05) is 12.1 Å². The van der Waals surface area contributed by atoms with E-state index in [1.807, 2.05) is 29.2 Å². The zero-order valence-corrected chi connectivity index (χ0v) is 11.5. The van der Waals surface area contributed by atoms with Gasteiger partial charge in [-0.05, 0) is 41.1 Å². The van der Waals surface area contributed by atoms with E-state index < -0.39 is 0 Å². The Morgan fingerprint density at radius 3 is 2.79 bits per heavy atom. The van der Waals surface area contributed by atoms with Crippen molar-refractivity contribution in [1.82, 2.24) is 4.90 Å². The Morgan fingerprint density at radius 2 is 2.05 bits per heavy atom. The first-order valence-corrected chi connectivity index (χ1v) is 7.29. The number of nitrogens with two attached hydrogens (primary N) is 1. The second-order valence-electron chi connectivity index (χ2n) is 4.75. The molecular weight excluding hydrogens is 256 g/mol. The van der Waals surface area contributed by atoms with E-state index in [0.717, 1.165) is 30.6 Å². The van der Waals surface area contributed by atoms with Gasteiger partial charge < -0.3 is 10.6 Å². The summed E-state index contributed by atoms with van der Waals surface area (Å²) >= 11 is 1.79. The van der Waals surface area contributed by atoms with Gasteiger partial charge in [-0.25, -0.2) is 0 Å². The molecule has 2 heterocycles. The molecule has 1 aliphatic heterocycles. The number of benzene rings is 1. The molecule has 1 aliphatic rings. The smallest absolute Gasteiger partial charge is 0.254 e. The van der Waals surface area contributed by atoms with Crippen molar-refractivity contribution >= 4 is 17.2 Å². The molecule has 3 nitrogen and oxygen atoms in total. The fraction of sp³-hybridized carbons (Fsp3) is 0.267. The summed E-state index contributed by atoms with van der Waals surface area (Å²) < 4.78 is 0. The summed E-state index contributed by atoms with van der Waals surface area (Å²) in [4.78, 5) is 15.8. The molecule has 0 fully saturated rings. The molecule has 4 heteroatoms. The van der Waals surface area contributed by atoms with Crippen LogP contribution >= 0.6 is 11.3 Å². The molecule has 19 heavy (non-hydrogen) atoms. The first-order chi connectivity index (χ1) is 9.28. The van der Waals surface area contributed by atoms with Crippen molar-refractivity contribution in [2.75, 3.05) is 6.54 Å². The predicted molar refractivity (Wildman–Crippen MR) is 77.1 cm³/mol. The summed E-state index contributed by atoms with van der Waals surface area (Å²) in [6.07, 6.45) is 0.972. The highest BCUT2D eigenvalue weighted by Crippen LogP contribution is 2.25. The predicted octanol–water partition coefficient (Wildman–Crippen LogP) is 2.41. The minimum Gasteiger partial charge on any atom is -0.334 e. The molecule has 1 amide bonds. The molecule has 0 saturated carbocycles. The Balaban J connectivity index is 1.77. The lowest BCUT2D eigenvalue weighted by atomic mass is 10.1. The molecule has 2 N–H and O–H groups in total. The average molecular weight is 272 g/mol. The van der Waals surface area contributed by atoms with Crippen LogP contribution in [0.4, 0.5) is 0 Å². The quantitative estimate of drug-likeness (QED) is 0.912. The van der Waals surface area contributed by atoms with E-state index in [2.05, 4.69) is 11.4 Å². The normalized spacial score (nSPS) is 14.3. The fourth-order valence-electron chi connectivity index (χ4n) is 2.39. The van der Waals surface area contributed by atoms with Gasteiger partial charge in [-0.3, -0.25) is 4.79 Å². The lowest BCUT2D eigenvalue weighted by Gasteiger charge is -2.27. The van der Waals surface area contributed by atoms with Crippen molar-refractivity contribution in [1.29, 1.82) is 0 Å². The highest BCUT2D eigenvalue weighted by atomic mass is 32.1. The first kappa shape index (κ1) is 12.4. The van der Waals surface area contributed by atoms with Crippen LogP contribution in [-0.2, 0) is 19.5 Å². The lowest BCUT2D eigenvalue weighted by Crippen LogP contribution is -2.35. The van der Waals surface area contributed by atoms with Crippen molar-refractivity contribution in [3.8, 4) is 0 Å². The van der Waals surface area contributed by atoms with E-state index in [4.69, 9.17) is 5.73 Å². The molecule has 0 radical (unpaired) electrons. The second-order valence-corrected chi connectivity index (χ2v) is 5.75. The van der Waals surface area contributed by atoms with Crippen LogP contribution in [-0.4, -0.2) is 17.4 Å². The Bertz CT molecular complexity index is 588. The van der Waals surface area contributed by atoms with Gasteiger partial charge in [0.2, 0.25) is 0 Å². The van der Waals surface area contributed by atoms with Crippen LogP contribution in [0.15, 0.2) is 35.7 Å². The van der Waals surface area contributed by atoms with Gasteiger partial charge in [-0.2, -0.15) is 0 Å². The standard InChI is InChI=1S/C15H16N2OS/c16-9-11-1-3-12(4-2-11)15(18)17-7-5-14-13(10-17)6-8-19-14/h1-4,6,8H,5,7,9-10,16H2. The number of nitrogens with zero attached hydrogens (tertiary/aromatic N) is 1. The molecule has 0 atom stereocenters. The van der Waals surface area contributed by atoms with Gasteiger partial charge >= 0.3 is 0 Å². The van der Waals surface area contributed by atoms with Crippen LogP contribution in [0, 0.1) is 0 Å². The van der Waals surface area contributed by atoms with E-state index >= 15 is 0 Å². The molecule has 0 spiro atoms. The van der Waals surface area contributed by atoms with E-state index in [1.165, 1.54) is 10.4 Å². The maximum atomic E-state index is 12.4. The summed E-state index contributed by atoms with van der Waals surface area (Å²) in [5.74, 6) is 0.112. The molecule has 0 bridgehead atoms. The number of rotatable bonds is 2. The van der Waals surface area contributed by atoms with Crippen LogP contribution in [0.5, 0.6) is 0 Å². The third-order valence-corrected chi connectivity index (χ3v) is 4.55. The van der Waals surface area contributed by atoms with E-state index in [-0.39, 0.29) is 5.91 Å². The minimum atomic E-state index is 0.112. The number of hydrogen-bond acceptors (Lipinski definition) is 3. The third kappa shape index (κ3) is 2.41. The monoisotopic (exact) mass is 272 g/mol. The summed E-state index contributed by atoms with van der Waals surface area (Å²) in [5, 5.41) is 2.11. The van der Waals surface area contributed by atoms with Crippen LogP contribution < -0.4 is 5.73 Å². The van der Waals surface area contributed by atoms with Crippen LogP contribution in [0.1, 0.15) is 26.4 Å². The molecule has 1 aromatic carbocycles. The van der Waals surface area contributed by atoms with E-state index in [1.54, 1.807) is 11.3 Å². The maximum absolute atomic E-state index is 12.4. The van der Waals surface area contributed by atoms with Crippen molar-refractivity contribution in [2.45, 2.75) is 19.5 Å². The number of carbonyl (C=O) groups is 1. The minimum absolute atomic E-state index is 0.112. The average Bonchev–Trinajstić information content (AvgIpc) is 2.94. The Kier molecular flexibility index (Phi) is 3.36. The number of fused-ring (bicyclic) bond motifs is 1. The maximum Gasteiger partial charge on any atom is 0.254 e. The van der Waals surface area contributed by atoms with Crippen LogP contribution in [0.25, 0.3) is 0 Å². The van der Waals surface area contributed by atoms with Crippen molar-refractivity contribution < 1.29 is 4.79 Å². The Labute approximate surface area is 116 Å². The molecular formula is C15H16N2OS. The van der Waals surface area contributed by atoms with Crippen molar-refractivity contribution in [3.63, 3.8) is 0 Å². The molecule has 2 aromatic rings. The Hall–Kier alpha value is -1.65. The first-order valence-electron chi connectivity index (χ1n) is 6.41. The topological polar surface area (TPSA) is 46.3 Å². The SMILES string of the molecule is NCc1ccc(C(=O)N2CCc3sccc3C2)cc1. The van der Waals surface area contributed by atoms with Gasteiger partial charge in [0, 0.05) is 30.1 Å². The number of hydrogen-bond donors (Lipinski definition) is 1. The van der Waals surface area contributed by atoms with Gasteiger partial charge in [-0.15, -0.1) is 11.3 Å². The zero-order chi connectivity index (χ0) is 13.2. The van der Waals surface area contributed by atoms with Crippen LogP contribution in [0.2, 0.25) is 0 Å². The van der Waals surface area contributed by atoms with Crippen molar-refractivity contribution in [3.05, 3.63) is 57.3 Å².